The Morgan fingerprint density at radius 1 is 1.00 bits per heavy atom. The summed E-state index contributed by atoms with van der Waals surface area (Å²) in [5, 5.41) is 0. The highest BCUT2D eigenvalue weighted by molar-refractivity contribution is 9.10. The number of hydrogen-bond acceptors (Lipinski definition) is 1. The molecule has 0 saturated carbocycles. The van der Waals surface area contributed by atoms with Gasteiger partial charge in [0, 0.05) is 14.2 Å². The van der Waals surface area contributed by atoms with Gasteiger partial charge in [0.2, 0.25) is 0 Å². The van der Waals surface area contributed by atoms with E-state index in [0.717, 1.165) is 0 Å². The summed E-state index contributed by atoms with van der Waals surface area (Å²) in [7, 11) is 0. The molecule has 0 aliphatic rings. The van der Waals surface area contributed by atoms with Crippen molar-refractivity contribution in [2.75, 3.05) is 0 Å². The van der Waals surface area contributed by atoms with Gasteiger partial charge in [-0.2, -0.15) is 0 Å². The minimum absolute atomic E-state index is 0.285. The Bertz CT molecular complexity index is 542. The van der Waals surface area contributed by atoms with Gasteiger partial charge in [-0.3, -0.25) is 0 Å². The third-order valence-corrected chi connectivity index (χ3v) is 6.57. The highest BCUT2D eigenvalue weighted by Crippen LogP contribution is 2.41. The van der Waals surface area contributed by atoms with Crippen molar-refractivity contribution < 1.29 is 0 Å². The summed E-state index contributed by atoms with van der Waals surface area (Å²) in [5.74, 6) is 0. The zero-order chi connectivity index (χ0) is 13.4. The summed E-state index contributed by atoms with van der Waals surface area (Å²) in [6.07, 6.45) is 0. The van der Waals surface area contributed by atoms with Crippen LogP contribution in [0.5, 0.6) is 0 Å². The molecule has 0 N–H and O–H groups in total. The van der Waals surface area contributed by atoms with Gasteiger partial charge in [-0.1, -0.05) is 33.6 Å². The summed E-state index contributed by atoms with van der Waals surface area (Å²) in [6.45, 7) is 8.68. The topological polar surface area (TPSA) is 0 Å². The van der Waals surface area contributed by atoms with Crippen LogP contribution in [0.4, 0.5) is 0 Å². The normalized spacial score (nSPS) is 12.8. The molecule has 1 atom stereocenters. The zero-order valence-electron chi connectivity index (χ0n) is 11.0. The van der Waals surface area contributed by atoms with E-state index in [0.29, 0.717) is 0 Å². The highest BCUT2D eigenvalue weighted by Gasteiger charge is 2.18. The number of hydrogen-bond donors (Lipinski definition) is 0. The van der Waals surface area contributed by atoms with Gasteiger partial charge in [-0.25, -0.2) is 0 Å². The molecular formula is C15H16Br2S. The fourth-order valence-electron chi connectivity index (χ4n) is 2.34. The molecule has 0 fully saturated rings. The maximum atomic E-state index is 3.86. The molecule has 96 valence electrons. The molecule has 18 heavy (non-hydrogen) atoms. The maximum absolute atomic E-state index is 3.86. The van der Waals surface area contributed by atoms with Gasteiger partial charge < -0.3 is 0 Å². The van der Waals surface area contributed by atoms with Gasteiger partial charge in [0.1, 0.15) is 0 Å². The van der Waals surface area contributed by atoms with Crippen molar-refractivity contribution >= 4 is 43.2 Å². The van der Waals surface area contributed by atoms with Crippen LogP contribution in [0.2, 0.25) is 0 Å². The second-order valence-corrected chi connectivity index (χ2v) is 7.79. The fourth-order valence-corrected chi connectivity index (χ4v) is 5.02. The van der Waals surface area contributed by atoms with Crippen LogP contribution < -0.4 is 0 Å². The van der Waals surface area contributed by atoms with Gasteiger partial charge in [0.25, 0.3) is 0 Å². The third kappa shape index (κ3) is 2.73. The molecule has 0 aliphatic carbocycles. The van der Waals surface area contributed by atoms with E-state index in [2.05, 4.69) is 77.8 Å². The average Bonchev–Trinajstić information content (AvgIpc) is 2.57. The first-order valence-corrected chi connectivity index (χ1v) is 8.40. The predicted molar refractivity (Wildman–Crippen MR) is 88.2 cm³/mol. The summed E-state index contributed by atoms with van der Waals surface area (Å²) < 4.78 is 1.20. The molecule has 0 nitrogen and oxygen atoms in total. The maximum Gasteiger partial charge on any atom is 0.0743 e. The van der Waals surface area contributed by atoms with Crippen LogP contribution >= 0.6 is 43.2 Å². The Kier molecular flexibility index (Phi) is 4.35. The number of rotatable bonds is 2. The average molecular weight is 388 g/mol. The zero-order valence-corrected chi connectivity index (χ0v) is 15.0. The Morgan fingerprint density at radius 3 is 2.00 bits per heavy atom. The van der Waals surface area contributed by atoms with Crippen LogP contribution in [0.1, 0.15) is 36.8 Å². The van der Waals surface area contributed by atoms with Crippen LogP contribution in [0.25, 0.3) is 0 Å². The first-order valence-electron chi connectivity index (χ1n) is 5.87. The Labute approximate surface area is 130 Å². The molecule has 1 aromatic heterocycles. The lowest BCUT2D eigenvalue weighted by Gasteiger charge is -2.16. The summed E-state index contributed by atoms with van der Waals surface area (Å²) in [5.41, 5.74) is 5.44. The van der Waals surface area contributed by atoms with E-state index >= 15 is 0 Å². The van der Waals surface area contributed by atoms with E-state index in [1.54, 1.807) is 0 Å². The summed E-state index contributed by atoms with van der Waals surface area (Å²) in [6, 6.07) is 6.73. The first kappa shape index (κ1) is 14.3. The molecule has 0 spiro atoms. The van der Waals surface area contributed by atoms with Gasteiger partial charge in [-0.05, 0) is 66.4 Å². The quantitative estimate of drug-likeness (QED) is 0.535. The lowest BCUT2D eigenvalue weighted by Crippen LogP contribution is -1.98. The van der Waals surface area contributed by atoms with E-state index in [-0.39, 0.29) is 4.83 Å². The lowest BCUT2D eigenvalue weighted by molar-refractivity contribution is 1.13. The molecule has 2 rings (SSSR count). The van der Waals surface area contributed by atoms with Crippen LogP contribution in [-0.2, 0) is 0 Å². The predicted octanol–water partition coefficient (Wildman–Crippen LogP) is 6.23. The smallest absolute Gasteiger partial charge is 0.0743 e. The van der Waals surface area contributed by atoms with Gasteiger partial charge in [-0.15, -0.1) is 11.3 Å². The van der Waals surface area contributed by atoms with Crippen LogP contribution in [0.15, 0.2) is 22.7 Å². The molecule has 1 aromatic carbocycles. The molecule has 3 heteroatoms. The molecule has 0 amide bonds. The van der Waals surface area contributed by atoms with Crippen LogP contribution in [0, 0.1) is 27.7 Å². The number of thiophene rings is 1. The molecule has 0 radical (unpaired) electrons. The number of aryl methyl sites for hydroxylation is 4. The van der Waals surface area contributed by atoms with E-state index < -0.39 is 0 Å². The summed E-state index contributed by atoms with van der Waals surface area (Å²) in [4.78, 5) is 2.97. The van der Waals surface area contributed by atoms with Gasteiger partial charge >= 0.3 is 0 Å². The molecule has 2 aromatic rings. The number of halogens is 2. The van der Waals surface area contributed by atoms with Crippen LogP contribution in [-0.4, -0.2) is 0 Å². The summed E-state index contributed by atoms with van der Waals surface area (Å²) >= 11 is 9.30. The highest BCUT2D eigenvalue weighted by atomic mass is 79.9. The molecule has 0 bridgehead atoms. The van der Waals surface area contributed by atoms with Crippen molar-refractivity contribution in [2.45, 2.75) is 32.5 Å². The number of benzene rings is 1. The van der Waals surface area contributed by atoms with Crippen molar-refractivity contribution in [2.24, 2.45) is 0 Å². The van der Waals surface area contributed by atoms with E-state index in [9.17, 15) is 0 Å². The standard InChI is InChI=1S/C15H16Br2S/c1-8-5-9(2)14(10(3)6-8)15(17)13-7-12(16)11(4)18-13/h5-7,15H,1-4H3. The second kappa shape index (κ2) is 5.48. The fraction of sp³-hybridized carbons (Fsp3) is 0.333. The largest absolute Gasteiger partial charge is 0.143 e. The van der Waals surface area contributed by atoms with Crippen molar-refractivity contribution in [3.8, 4) is 0 Å². The molecular weight excluding hydrogens is 372 g/mol. The second-order valence-electron chi connectivity index (χ2n) is 4.73. The molecule has 1 unspecified atom stereocenters. The lowest BCUT2D eigenvalue weighted by atomic mass is 9.97. The van der Waals surface area contributed by atoms with Gasteiger partial charge in [0.15, 0.2) is 0 Å². The monoisotopic (exact) mass is 386 g/mol. The molecule has 0 aliphatic heterocycles. The SMILES string of the molecule is Cc1cc(C)c(C(Br)c2cc(Br)c(C)s2)c(C)c1. The van der Waals surface area contributed by atoms with E-state index in [4.69, 9.17) is 0 Å². The molecule has 0 saturated heterocycles. The Balaban J connectivity index is 2.49. The molecule has 1 heterocycles. The Morgan fingerprint density at radius 2 is 1.56 bits per heavy atom. The minimum Gasteiger partial charge on any atom is -0.143 e. The Hall–Kier alpha value is -0.120. The van der Waals surface area contributed by atoms with Crippen molar-refractivity contribution in [3.05, 3.63) is 54.7 Å². The van der Waals surface area contributed by atoms with Crippen molar-refractivity contribution in [3.63, 3.8) is 0 Å². The van der Waals surface area contributed by atoms with E-state index in [1.165, 1.54) is 36.5 Å². The van der Waals surface area contributed by atoms with E-state index in [1.807, 2.05) is 11.3 Å². The first-order chi connectivity index (χ1) is 8.40. The van der Waals surface area contributed by atoms with Crippen molar-refractivity contribution in [1.29, 1.82) is 0 Å². The van der Waals surface area contributed by atoms with Crippen molar-refractivity contribution in [1.82, 2.24) is 0 Å². The third-order valence-electron chi connectivity index (χ3n) is 3.12. The van der Waals surface area contributed by atoms with Gasteiger partial charge in [0.05, 0.1) is 4.83 Å². The van der Waals surface area contributed by atoms with Crippen LogP contribution in [0.3, 0.4) is 0 Å². The minimum atomic E-state index is 0.285. The number of alkyl halides is 1.